The van der Waals surface area contributed by atoms with Crippen LogP contribution in [0.4, 0.5) is 0 Å². The molecule has 0 bridgehead atoms. The summed E-state index contributed by atoms with van der Waals surface area (Å²) in [6.07, 6.45) is 3.92. The Bertz CT molecular complexity index is 563. The molecular weight excluding hydrogens is 210 g/mol. The average molecular weight is 225 g/mol. The lowest BCUT2D eigenvalue weighted by atomic mass is 10.1. The number of aromatic nitrogens is 2. The maximum atomic E-state index is 6.04. The second-order valence-corrected chi connectivity index (χ2v) is 4.56. The number of nitrogens with two attached hydrogens (primary N) is 1. The van der Waals surface area contributed by atoms with Crippen LogP contribution in [-0.2, 0) is 6.42 Å². The summed E-state index contributed by atoms with van der Waals surface area (Å²) in [6, 6.07) is 8.25. The van der Waals surface area contributed by atoms with Gasteiger partial charge in [-0.15, -0.1) is 0 Å². The number of aryl methyl sites for hydroxylation is 2. The first kappa shape index (κ1) is 10.4. The van der Waals surface area contributed by atoms with Gasteiger partial charge in [0.2, 0.25) is 0 Å². The highest BCUT2D eigenvalue weighted by atomic mass is 14.9. The number of fused-ring (bicyclic) bond motifs is 1. The van der Waals surface area contributed by atoms with Crippen molar-refractivity contribution in [2.45, 2.75) is 25.8 Å². The minimum absolute atomic E-state index is 0.0794. The van der Waals surface area contributed by atoms with E-state index in [1.807, 2.05) is 18.3 Å². The highest BCUT2D eigenvalue weighted by Gasteiger charge is 2.21. The van der Waals surface area contributed by atoms with Gasteiger partial charge in [0, 0.05) is 17.8 Å². The Morgan fingerprint density at radius 2 is 2.12 bits per heavy atom. The lowest BCUT2D eigenvalue weighted by Crippen LogP contribution is -2.08. The summed E-state index contributed by atoms with van der Waals surface area (Å²) in [7, 11) is 0. The smallest absolute Gasteiger partial charge is 0.159 e. The van der Waals surface area contributed by atoms with Crippen LogP contribution in [-0.4, -0.2) is 9.97 Å². The number of nitrogens with zero attached hydrogens (tertiary/aromatic N) is 2. The predicted molar refractivity (Wildman–Crippen MR) is 67.5 cm³/mol. The minimum atomic E-state index is 0.0794. The van der Waals surface area contributed by atoms with Crippen LogP contribution < -0.4 is 5.73 Å². The van der Waals surface area contributed by atoms with Gasteiger partial charge in [-0.1, -0.05) is 24.3 Å². The first-order valence-electron chi connectivity index (χ1n) is 5.93. The Kier molecular flexibility index (Phi) is 2.41. The summed E-state index contributed by atoms with van der Waals surface area (Å²) in [5, 5.41) is 0. The molecule has 17 heavy (non-hydrogen) atoms. The second-order valence-electron chi connectivity index (χ2n) is 4.56. The first-order valence-corrected chi connectivity index (χ1v) is 5.93. The average Bonchev–Trinajstić information content (AvgIpc) is 2.71. The molecular formula is C14H15N3. The molecule has 1 atom stereocenters. The molecule has 1 aliphatic carbocycles. The van der Waals surface area contributed by atoms with Gasteiger partial charge in [-0.25, -0.2) is 9.97 Å². The third-order valence-corrected chi connectivity index (χ3v) is 3.36. The van der Waals surface area contributed by atoms with Gasteiger partial charge >= 0.3 is 0 Å². The molecule has 0 saturated carbocycles. The van der Waals surface area contributed by atoms with Gasteiger partial charge in [0.05, 0.1) is 5.69 Å². The van der Waals surface area contributed by atoms with Crippen LogP contribution in [0.3, 0.4) is 0 Å². The van der Waals surface area contributed by atoms with E-state index < -0.39 is 0 Å². The Morgan fingerprint density at radius 3 is 2.94 bits per heavy atom. The number of hydrogen-bond donors (Lipinski definition) is 1. The Labute approximate surface area is 101 Å². The van der Waals surface area contributed by atoms with E-state index in [2.05, 4.69) is 29.0 Å². The summed E-state index contributed by atoms with van der Waals surface area (Å²) >= 11 is 0. The van der Waals surface area contributed by atoms with Crippen molar-refractivity contribution >= 4 is 0 Å². The van der Waals surface area contributed by atoms with Crippen molar-refractivity contribution in [3.63, 3.8) is 0 Å². The van der Waals surface area contributed by atoms with Gasteiger partial charge in [-0.2, -0.15) is 0 Å². The molecule has 0 saturated heterocycles. The van der Waals surface area contributed by atoms with E-state index in [0.717, 1.165) is 29.9 Å². The molecule has 3 rings (SSSR count). The van der Waals surface area contributed by atoms with E-state index in [0.29, 0.717) is 0 Å². The molecule has 2 aromatic rings. The fraction of sp³-hybridized carbons (Fsp3) is 0.286. The van der Waals surface area contributed by atoms with Crippen molar-refractivity contribution in [3.8, 4) is 11.4 Å². The molecule has 1 aromatic carbocycles. The van der Waals surface area contributed by atoms with E-state index in [-0.39, 0.29) is 6.04 Å². The quantitative estimate of drug-likeness (QED) is 0.810. The molecule has 86 valence electrons. The molecule has 0 amide bonds. The molecule has 2 N–H and O–H groups in total. The number of rotatable bonds is 1. The molecule has 1 aliphatic rings. The molecule has 0 radical (unpaired) electrons. The van der Waals surface area contributed by atoms with E-state index in [1.54, 1.807) is 0 Å². The van der Waals surface area contributed by atoms with Crippen LogP contribution in [0.2, 0.25) is 0 Å². The fourth-order valence-corrected chi connectivity index (χ4v) is 2.33. The third-order valence-electron chi connectivity index (χ3n) is 3.36. The molecule has 0 spiro atoms. The first-order chi connectivity index (χ1) is 8.25. The lowest BCUT2D eigenvalue weighted by Gasteiger charge is -2.08. The largest absolute Gasteiger partial charge is 0.323 e. The molecule has 0 aliphatic heterocycles. The molecule has 3 heteroatoms. The molecule has 1 aromatic heterocycles. The summed E-state index contributed by atoms with van der Waals surface area (Å²) in [5.74, 6) is 0.791. The summed E-state index contributed by atoms with van der Waals surface area (Å²) in [6.45, 7) is 2.08. The Hall–Kier alpha value is -1.74. The van der Waals surface area contributed by atoms with Crippen molar-refractivity contribution in [1.29, 1.82) is 0 Å². The van der Waals surface area contributed by atoms with E-state index in [9.17, 15) is 0 Å². The topological polar surface area (TPSA) is 51.8 Å². The van der Waals surface area contributed by atoms with Crippen molar-refractivity contribution in [2.24, 2.45) is 5.73 Å². The van der Waals surface area contributed by atoms with Crippen molar-refractivity contribution in [2.75, 3.05) is 0 Å². The van der Waals surface area contributed by atoms with Gasteiger partial charge in [-0.05, 0) is 30.9 Å². The van der Waals surface area contributed by atoms with Gasteiger partial charge in [-0.3, -0.25) is 0 Å². The van der Waals surface area contributed by atoms with Crippen molar-refractivity contribution in [3.05, 3.63) is 47.3 Å². The molecule has 0 fully saturated rings. The van der Waals surface area contributed by atoms with Crippen molar-refractivity contribution < 1.29 is 0 Å². The van der Waals surface area contributed by atoms with Crippen LogP contribution in [0.25, 0.3) is 11.4 Å². The minimum Gasteiger partial charge on any atom is -0.323 e. The number of benzene rings is 1. The Morgan fingerprint density at radius 1 is 1.29 bits per heavy atom. The third kappa shape index (κ3) is 1.72. The highest BCUT2D eigenvalue weighted by Crippen LogP contribution is 2.29. The zero-order chi connectivity index (χ0) is 11.8. The maximum absolute atomic E-state index is 6.04. The summed E-state index contributed by atoms with van der Waals surface area (Å²) in [5.41, 5.74) is 10.6. The van der Waals surface area contributed by atoms with Gasteiger partial charge in [0.25, 0.3) is 0 Å². The van der Waals surface area contributed by atoms with E-state index in [1.165, 1.54) is 11.1 Å². The highest BCUT2D eigenvalue weighted by molar-refractivity contribution is 5.60. The fourth-order valence-electron chi connectivity index (χ4n) is 2.33. The lowest BCUT2D eigenvalue weighted by molar-refractivity contribution is 0.698. The van der Waals surface area contributed by atoms with Gasteiger partial charge in [0.1, 0.15) is 0 Å². The van der Waals surface area contributed by atoms with Crippen LogP contribution in [0, 0.1) is 6.92 Å². The van der Waals surface area contributed by atoms with Crippen LogP contribution in [0.15, 0.2) is 30.5 Å². The summed E-state index contributed by atoms with van der Waals surface area (Å²) in [4.78, 5) is 9.08. The van der Waals surface area contributed by atoms with E-state index >= 15 is 0 Å². The van der Waals surface area contributed by atoms with Gasteiger partial charge < -0.3 is 5.73 Å². The zero-order valence-corrected chi connectivity index (χ0v) is 9.85. The second kappa shape index (κ2) is 3.93. The van der Waals surface area contributed by atoms with Gasteiger partial charge in [0.15, 0.2) is 5.82 Å². The SMILES string of the molecule is Cc1ccccc1-c1ncc2c(n1)C(N)CC2. The van der Waals surface area contributed by atoms with Crippen LogP contribution in [0.1, 0.15) is 29.3 Å². The molecule has 1 unspecified atom stereocenters. The molecule has 3 nitrogen and oxygen atoms in total. The van der Waals surface area contributed by atoms with E-state index in [4.69, 9.17) is 5.73 Å². The number of hydrogen-bond acceptors (Lipinski definition) is 3. The van der Waals surface area contributed by atoms with Crippen molar-refractivity contribution in [1.82, 2.24) is 9.97 Å². The Balaban J connectivity index is 2.11. The monoisotopic (exact) mass is 225 g/mol. The zero-order valence-electron chi connectivity index (χ0n) is 9.85. The normalized spacial score (nSPS) is 18.1. The molecule has 1 heterocycles. The summed E-state index contributed by atoms with van der Waals surface area (Å²) < 4.78 is 0. The maximum Gasteiger partial charge on any atom is 0.159 e. The van der Waals surface area contributed by atoms with Crippen LogP contribution in [0.5, 0.6) is 0 Å². The standard InChI is InChI=1S/C14H15N3/c1-9-4-2-3-5-11(9)14-16-8-10-6-7-12(15)13(10)17-14/h2-5,8,12H,6-7,15H2,1H3. The van der Waals surface area contributed by atoms with Crippen LogP contribution >= 0.6 is 0 Å². The predicted octanol–water partition coefficient (Wildman–Crippen LogP) is 2.40.